The van der Waals surface area contributed by atoms with Gasteiger partial charge < -0.3 is 14.8 Å². The second-order valence-electron chi connectivity index (χ2n) is 4.32. The average molecular weight is 286 g/mol. The van der Waals surface area contributed by atoms with Crippen molar-refractivity contribution in [1.82, 2.24) is 5.32 Å². The molecular weight excluding hydrogens is 262 g/mol. The fourth-order valence-electron chi connectivity index (χ4n) is 1.78. The van der Waals surface area contributed by atoms with Crippen LogP contribution < -0.4 is 5.32 Å². The van der Waals surface area contributed by atoms with Crippen LogP contribution in [0.15, 0.2) is 24.3 Å². The van der Waals surface area contributed by atoms with Crippen LogP contribution >= 0.6 is 11.6 Å². The topological polar surface area (TPSA) is 30.5 Å². The average Bonchev–Trinajstić information content (AvgIpc) is 2.41. The van der Waals surface area contributed by atoms with Crippen LogP contribution in [0.25, 0.3) is 0 Å². The first-order valence-electron chi connectivity index (χ1n) is 6.93. The molecule has 0 fully saturated rings. The predicted molar refractivity (Wildman–Crippen MR) is 79.8 cm³/mol. The van der Waals surface area contributed by atoms with E-state index in [1.54, 1.807) is 0 Å². The van der Waals surface area contributed by atoms with E-state index in [1.807, 2.05) is 31.2 Å². The van der Waals surface area contributed by atoms with Crippen LogP contribution in [-0.2, 0) is 9.47 Å². The van der Waals surface area contributed by atoms with E-state index in [4.69, 9.17) is 21.1 Å². The molecule has 108 valence electrons. The molecule has 0 saturated heterocycles. The van der Waals surface area contributed by atoms with Crippen molar-refractivity contribution in [2.75, 3.05) is 32.9 Å². The summed E-state index contributed by atoms with van der Waals surface area (Å²) in [5.41, 5.74) is 1.10. The largest absolute Gasteiger partial charge is 0.379 e. The van der Waals surface area contributed by atoms with Crippen LogP contribution in [0.2, 0.25) is 5.02 Å². The second kappa shape index (κ2) is 10.2. The van der Waals surface area contributed by atoms with Crippen LogP contribution in [0, 0.1) is 0 Å². The molecule has 0 aliphatic carbocycles. The first-order chi connectivity index (χ1) is 9.27. The van der Waals surface area contributed by atoms with Gasteiger partial charge in [-0.1, -0.05) is 30.7 Å². The highest BCUT2D eigenvalue weighted by Gasteiger charge is 2.11. The number of nitrogens with one attached hydrogen (secondary N) is 1. The highest BCUT2D eigenvalue weighted by Crippen LogP contribution is 2.20. The monoisotopic (exact) mass is 285 g/mol. The van der Waals surface area contributed by atoms with Crippen molar-refractivity contribution < 1.29 is 9.47 Å². The van der Waals surface area contributed by atoms with Gasteiger partial charge >= 0.3 is 0 Å². The minimum absolute atomic E-state index is 0.0192. The normalized spacial score (nSPS) is 12.6. The summed E-state index contributed by atoms with van der Waals surface area (Å²) >= 11 is 6.03. The predicted octanol–water partition coefficient (Wildman–Crippen LogP) is 3.43. The maximum Gasteiger partial charge on any atom is 0.0950 e. The summed E-state index contributed by atoms with van der Waals surface area (Å²) in [7, 11) is 0. The smallest absolute Gasteiger partial charge is 0.0950 e. The van der Waals surface area contributed by atoms with Crippen molar-refractivity contribution in [3.63, 3.8) is 0 Å². The quantitative estimate of drug-likeness (QED) is 0.668. The van der Waals surface area contributed by atoms with Crippen molar-refractivity contribution in [3.05, 3.63) is 34.9 Å². The summed E-state index contributed by atoms with van der Waals surface area (Å²) in [5.74, 6) is 0. The van der Waals surface area contributed by atoms with Gasteiger partial charge in [-0.15, -0.1) is 0 Å². The molecule has 19 heavy (non-hydrogen) atoms. The molecule has 0 aliphatic rings. The Bertz CT molecular complexity index is 347. The SMILES string of the molecule is CCCNCC(OCCOCC)c1cccc(Cl)c1. The third-order valence-electron chi connectivity index (χ3n) is 2.73. The molecule has 1 N–H and O–H groups in total. The lowest BCUT2D eigenvalue weighted by Gasteiger charge is -2.19. The maximum absolute atomic E-state index is 6.03. The van der Waals surface area contributed by atoms with Crippen molar-refractivity contribution in [2.45, 2.75) is 26.4 Å². The first kappa shape index (κ1) is 16.4. The summed E-state index contributed by atoms with van der Waals surface area (Å²) in [6.07, 6.45) is 1.13. The van der Waals surface area contributed by atoms with Crippen LogP contribution in [0.1, 0.15) is 31.9 Å². The van der Waals surface area contributed by atoms with Gasteiger partial charge in [0.05, 0.1) is 19.3 Å². The van der Waals surface area contributed by atoms with E-state index >= 15 is 0 Å². The van der Waals surface area contributed by atoms with Gasteiger partial charge in [-0.2, -0.15) is 0 Å². The molecule has 4 heteroatoms. The molecule has 0 spiro atoms. The molecule has 1 aromatic carbocycles. The van der Waals surface area contributed by atoms with Crippen molar-refractivity contribution in [3.8, 4) is 0 Å². The minimum atomic E-state index is 0.0192. The number of hydrogen-bond donors (Lipinski definition) is 1. The molecule has 1 unspecified atom stereocenters. The van der Waals surface area contributed by atoms with Gasteiger partial charge in [-0.3, -0.25) is 0 Å². The van der Waals surface area contributed by atoms with E-state index < -0.39 is 0 Å². The van der Waals surface area contributed by atoms with E-state index in [0.717, 1.165) is 36.7 Å². The molecule has 0 aromatic heterocycles. The molecule has 0 bridgehead atoms. The van der Waals surface area contributed by atoms with E-state index in [0.29, 0.717) is 13.2 Å². The Kier molecular flexibility index (Phi) is 8.84. The molecule has 0 heterocycles. The van der Waals surface area contributed by atoms with Crippen molar-refractivity contribution >= 4 is 11.6 Å². The summed E-state index contributed by atoms with van der Waals surface area (Å²) in [5, 5.41) is 4.13. The van der Waals surface area contributed by atoms with E-state index in [9.17, 15) is 0 Å². The Balaban J connectivity index is 2.52. The van der Waals surface area contributed by atoms with E-state index in [-0.39, 0.29) is 6.10 Å². The second-order valence-corrected chi connectivity index (χ2v) is 4.75. The zero-order chi connectivity index (χ0) is 13.9. The van der Waals surface area contributed by atoms with Gasteiger partial charge in [0.2, 0.25) is 0 Å². The number of rotatable bonds is 10. The minimum Gasteiger partial charge on any atom is -0.379 e. The molecular formula is C15H24ClNO2. The molecule has 0 radical (unpaired) electrons. The van der Waals surface area contributed by atoms with Gasteiger partial charge in [-0.25, -0.2) is 0 Å². The third-order valence-corrected chi connectivity index (χ3v) is 2.96. The lowest BCUT2D eigenvalue weighted by Crippen LogP contribution is -2.25. The van der Waals surface area contributed by atoms with Crippen LogP contribution in [0.4, 0.5) is 0 Å². The summed E-state index contributed by atoms with van der Waals surface area (Å²) in [6.45, 7) is 7.86. The summed E-state index contributed by atoms with van der Waals surface area (Å²) in [4.78, 5) is 0. The van der Waals surface area contributed by atoms with Crippen molar-refractivity contribution in [2.24, 2.45) is 0 Å². The third kappa shape index (κ3) is 6.92. The van der Waals surface area contributed by atoms with E-state index in [1.165, 1.54) is 0 Å². The van der Waals surface area contributed by atoms with Crippen molar-refractivity contribution in [1.29, 1.82) is 0 Å². The Hall–Kier alpha value is -0.610. The van der Waals surface area contributed by atoms with Gasteiger partial charge in [0, 0.05) is 18.2 Å². The molecule has 3 nitrogen and oxygen atoms in total. The maximum atomic E-state index is 6.03. The van der Waals surface area contributed by atoms with E-state index in [2.05, 4.69) is 12.2 Å². The molecule has 0 amide bonds. The van der Waals surface area contributed by atoms with Crippen LogP contribution in [-0.4, -0.2) is 32.9 Å². The number of halogens is 1. The number of hydrogen-bond acceptors (Lipinski definition) is 3. The lowest BCUT2D eigenvalue weighted by atomic mass is 10.1. The summed E-state index contributed by atoms with van der Waals surface area (Å²) in [6, 6.07) is 7.84. The number of ether oxygens (including phenoxy) is 2. The van der Waals surface area contributed by atoms with Gasteiger partial charge in [-0.05, 0) is 37.6 Å². The number of benzene rings is 1. The standard InChI is InChI=1S/C15H24ClNO2/c1-3-8-17-12-15(19-10-9-18-4-2)13-6-5-7-14(16)11-13/h5-7,11,15,17H,3-4,8-10,12H2,1-2H3. The Morgan fingerprint density at radius 1 is 1.26 bits per heavy atom. The Labute approximate surface area is 121 Å². The fraction of sp³-hybridized carbons (Fsp3) is 0.600. The lowest BCUT2D eigenvalue weighted by molar-refractivity contribution is 0.00695. The molecule has 1 atom stereocenters. The van der Waals surface area contributed by atoms with Crippen LogP contribution in [0.3, 0.4) is 0 Å². The fourth-order valence-corrected chi connectivity index (χ4v) is 1.98. The molecule has 1 rings (SSSR count). The van der Waals surface area contributed by atoms with Gasteiger partial charge in [0.1, 0.15) is 0 Å². The zero-order valence-corrected chi connectivity index (χ0v) is 12.6. The summed E-state index contributed by atoms with van der Waals surface area (Å²) < 4.78 is 11.2. The molecule has 1 aromatic rings. The Morgan fingerprint density at radius 3 is 2.79 bits per heavy atom. The zero-order valence-electron chi connectivity index (χ0n) is 11.8. The van der Waals surface area contributed by atoms with Crippen LogP contribution in [0.5, 0.6) is 0 Å². The van der Waals surface area contributed by atoms with Gasteiger partial charge in [0.25, 0.3) is 0 Å². The highest BCUT2D eigenvalue weighted by atomic mass is 35.5. The molecule has 0 aliphatic heterocycles. The first-order valence-corrected chi connectivity index (χ1v) is 7.31. The van der Waals surface area contributed by atoms with Gasteiger partial charge in [0.15, 0.2) is 0 Å². The Morgan fingerprint density at radius 2 is 2.11 bits per heavy atom. The molecule has 0 saturated carbocycles. The highest BCUT2D eigenvalue weighted by molar-refractivity contribution is 6.30.